The van der Waals surface area contributed by atoms with Crippen LogP contribution in [-0.2, 0) is 40.1 Å². The third-order valence-electron chi connectivity index (χ3n) is 3.20. The fourth-order valence-corrected chi connectivity index (χ4v) is 1.75. The average Bonchev–Trinajstić information content (AvgIpc) is 2.55. The molecule has 0 heterocycles. The normalized spacial score (nSPS) is 9.13. The van der Waals surface area contributed by atoms with Crippen LogP contribution in [0.5, 0.6) is 0 Å². The largest absolute Gasteiger partial charge is 2.00 e. The summed E-state index contributed by atoms with van der Waals surface area (Å²) < 4.78 is 0. The van der Waals surface area contributed by atoms with Gasteiger partial charge in [0.2, 0.25) is 0 Å². The molecule has 4 nitrogen and oxygen atoms in total. The van der Waals surface area contributed by atoms with Crippen molar-refractivity contribution in [3.05, 3.63) is 70.8 Å². The van der Waals surface area contributed by atoms with Gasteiger partial charge in [-0.15, -0.1) is 0 Å². The van der Waals surface area contributed by atoms with Gasteiger partial charge in [0, 0.05) is 0 Å². The number of hydrogen-bond donors (Lipinski definition) is 0. The van der Waals surface area contributed by atoms with Crippen LogP contribution in [0.4, 0.5) is 0 Å². The second-order valence-corrected chi connectivity index (χ2v) is 4.68. The molecule has 0 spiro atoms. The molecule has 0 amide bonds. The van der Waals surface area contributed by atoms with E-state index in [1.165, 1.54) is 0 Å². The molecule has 0 aliphatic carbocycles. The quantitative estimate of drug-likeness (QED) is 0.710. The van der Waals surface area contributed by atoms with E-state index < -0.39 is 11.9 Å². The van der Waals surface area contributed by atoms with Gasteiger partial charge in [-0.05, 0) is 35.1 Å². The Bertz CT molecular complexity index is 561. The molecule has 0 fully saturated rings. The van der Waals surface area contributed by atoms with Crippen LogP contribution in [-0.4, -0.2) is 11.9 Å². The second kappa shape index (κ2) is 10.9. The number of carboxylic acids is 2. The van der Waals surface area contributed by atoms with Crippen molar-refractivity contribution in [3.63, 3.8) is 0 Å². The van der Waals surface area contributed by atoms with Crippen molar-refractivity contribution in [1.29, 1.82) is 0 Å². The predicted octanol–water partition coefficient (Wildman–Crippen LogP) is 1.22. The van der Waals surface area contributed by atoms with Crippen molar-refractivity contribution in [3.8, 4) is 0 Å². The van der Waals surface area contributed by atoms with Crippen molar-refractivity contribution in [2.75, 3.05) is 0 Å². The molecule has 2 aromatic carbocycles. The SMILES string of the molecule is CCc1ccc(C(=O)[O-])cc1.CCc1ccc(C(=O)[O-])cc1.[Cd+2]. The smallest absolute Gasteiger partial charge is 0.545 e. The first-order chi connectivity index (χ1) is 10.5. The van der Waals surface area contributed by atoms with Gasteiger partial charge < -0.3 is 19.8 Å². The molecule has 0 saturated heterocycles. The number of carboxylic acid groups (broad SMARTS) is 2. The molecule has 0 aliphatic heterocycles. The van der Waals surface area contributed by atoms with E-state index in [9.17, 15) is 19.8 Å². The van der Waals surface area contributed by atoms with Crippen LogP contribution in [0.3, 0.4) is 0 Å². The summed E-state index contributed by atoms with van der Waals surface area (Å²) in [7, 11) is 0. The van der Waals surface area contributed by atoms with Crippen molar-refractivity contribution in [2.24, 2.45) is 0 Å². The van der Waals surface area contributed by atoms with E-state index in [1.807, 2.05) is 13.8 Å². The standard InChI is InChI=1S/2C9H10O2.Cd/c2*1-2-7-3-5-8(6-4-7)9(10)11;/h2*3-6H,2H2,1H3,(H,10,11);/q;;+2/p-2. The molecule has 5 heteroatoms. The molecule has 0 aromatic heterocycles. The van der Waals surface area contributed by atoms with E-state index in [4.69, 9.17) is 0 Å². The first kappa shape index (κ1) is 21.3. The van der Waals surface area contributed by atoms with Crippen LogP contribution in [0.25, 0.3) is 0 Å². The van der Waals surface area contributed by atoms with Crippen molar-refractivity contribution >= 4 is 11.9 Å². The molecule has 0 saturated carbocycles. The number of benzene rings is 2. The van der Waals surface area contributed by atoms with E-state index in [-0.39, 0.29) is 38.4 Å². The third kappa shape index (κ3) is 7.41. The maximum Gasteiger partial charge on any atom is 2.00 e. The van der Waals surface area contributed by atoms with Crippen LogP contribution >= 0.6 is 0 Å². The van der Waals surface area contributed by atoms with Gasteiger partial charge in [-0.3, -0.25) is 0 Å². The first-order valence-electron chi connectivity index (χ1n) is 7.08. The van der Waals surface area contributed by atoms with E-state index >= 15 is 0 Å². The molecular weight excluding hydrogens is 393 g/mol. The molecular formula is C18H18CdO4. The third-order valence-corrected chi connectivity index (χ3v) is 3.20. The first-order valence-corrected chi connectivity index (χ1v) is 7.08. The molecule has 0 atom stereocenters. The molecule has 0 bridgehead atoms. The Morgan fingerprint density at radius 1 is 0.696 bits per heavy atom. The zero-order valence-corrected chi connectivity index (χ0v) is 17.4. The molecule has 0 aliphatic rings. The number of carbonyl (C=O) groups excluding carboxylic acids is 2. The van der Waals surface area contributed by atoms with Crippen LogP contribution < -0.4 is 10.2 Å². The van der Waals surface area contributed by atoms with E-state index in [1.54, 1.807) is 48.5 Å². The summed E-state index contributed by atoms with van der Waals surface area (Å²) in [6.07, 6.45) is 1.85. The Morgan fingerprint density at radius 3 is 1.13 bits per heavy atom. The summed E-state index contributed by atoms with van der Waals surface area (Å²) in [4.78, 5) is 20.6. The molecule has 116 valence electrons. The van der Waals surface area contributed by atoms with Gasteiger partial charge in [0.25, 0.3) is 0 Å². The Balaban J connectivity index is 0.000000403. The Labute approximate surface area is 156 Å². The van der Waals surface area contributed by atoms with Gasteiger partial charge in [0.1, 0.15) is 0 Å². The number of rotatable bonds is 4. The van der Waals surface area contributed by atoms with E-state index in [2.05, 4.69) is 0 Å². The molecule has 2 rings (SSSR count). The summed E-state index contributed by atoms with van der Waals surface area (Å²) in [6.45, 7) is 4.04. The molecule has 0 unspecified atom stereocenters. The Kier molecular flexibility index (Phi) is 10.1. The topological polar surface area (TPSA) is 80.3 Å². The minimum absolute atomic E-state index is 0. The Morgan fingerprint density at radius 2 is 0.957 bits per heavy atom. The summed E-state index contributed by atoms with van der Waals surface area (Å²) >= 11 is 0. The van der Waals surface area contributed by atoms with E-state index in [0.29, 0.717) is 0 Å². The molecule has 0 radical (unpaired) electrons. The number of carbonyl (C=O) groups is 2. The van der Waals surface area contributed by atoms with Gasteiger partial charge in [0.15, 0.2) is 0 Å². The molecule has 2 aromatic rings. The number of aryl methyl sites for hydroxylation is 2. The maximum atomic E-state index is 10.3. The maximum absolute atomic E-state index is 10.3. The van der Waals surface area contributed by atoms with Gasteiger partial charge in [-0.2, -0.15) is 0 Å². The van der Waals surface area contributed by atoms with Gasteiger partial charge >= 0.3 is 27.3 Å². The average molecular weight is 411 g/mol. The molecule has 0 N–H and O–H groups in total. The fourth-order valence-electron chi connectivity index (χ4n) is 1.75. The van der Waals surface area contributed by atoms with Gasteiger partial charge in [-0.1, -0.05) is 62.4 Å². The van der Waals surface area contributed by atoms with Crippen molar-refractivity contribution in [1.82, 2.24) is 0 Å². The number of aromatic carboxylic acids is 2. The summed E-state index contributed by atoms with van der Waals surface area (Å²) in [6, 6.07) is 13.4. The summed E-state index contributed by atoms with van der Waals surface area (Å²) in [5, 5.41) is 20.6. The second-order valence-electron chi connectivity index (χ2n) is 4.68. The zero-order chi connectivity index (χ0) is 16.5. The minimum atomic E-state index is -1.12. The Hall–Kier alpha value is -1.70. The number of hydrogen-bond acceptors (Lipinski definition) is 4. The van der Waals surface area contributed by atoms with E-state index in [0.717, 1.165) is 24.0 Å². The van der Waals surface area contributed by atoms with Crippen molar-refractivity contribution < 1.29 is 47.1 Å². The summed E-state index contributed by atoms with van der Waals surface area (Å²) in [5.41, 5.74) is 2.74. The monoisotopic (exact) mass is 412 g/mol. The van der Waals surface area contributed by atoms with Crippen LogP contribution in [0.15, 0.2) is 48.5 Å². The van der Waals surface area contributed by atoms with Crippen molar-refractivity contribution in [2.45, 2.75) is 26.7 Å². The zero-order valence-electron chi connectivity index (χ0n) is 13.4. The minimum Gasteiger partial charge on any atom is -0.545 e. The molecule has 23 heavy (non-hydrogen) atoms. The van der Waals surface area contributed by atoms with Crippen LogP contribution in [0, 0.1) is 0 Å². The van der Waals surface area contributed by atoms with Gasteiger partial charge in [-0.25, -0.2) is 0 Å². The van der Waals surface area contributed by atoms with Crippen LogP contribution in [0.2, 0.25) is 0 Å². The summed E-state index contributed by atoms with van der Waals surface area (Å²) in [5.74, 6) is -2.24. The predicted molar refractivity (Wildman–Crippen MR) is 80.3 cm³/mol. The fraction of sp³-hybridized carbons (Fsp3) is 0.222. The van der Waals surface area contributed by atoms with Crippen LogP contribution in [0.1, 0.15) is 45.7 Å². The van der Waals surface area contributed by atoms with Gasteiger partial charge in [0.05, 0.1) is 11.9 Å².